The highest BCUT2D eigenvalue weighted by Crippen LogP contribution is 2.34. The van der Waals surface area contributed by atoms with Gasteiger partial charge in [-0.3, -0.25) is 0 Å². The molecule has 1 unspecified atom stereocenters. The van der Waals surface area contributed by atoms with E-state index < -0.39 is 0 Å². The Morgan fingerprint density at radius 2 is 1.95 bits per heavy atom. The lowest BCUT2D eigenvalue weighted by molar-refractivity contribution is 0.447. The summed E-state index contributed by atoms with van der Waals surface area (Å²) in [4.78, 5) is 4.51. The minimum atomic E-state index is 0.575. The van der Waals surface area contributed by atoms with Crippen molar-refractivity contribution in [2.45, 2.75) is 50.4 Å². The number of hydrogen-bond acceptors (Lipinski definition) is 3. The first-order valence-electron chi connectivity index (χ1n) is 7.97. The molecule has 4 rings (SSSR count). The highest BCUT2D eigenvalue weighted by Gasteiger charge is 2.23. The number of piperidine rings is 1. The Morgan fingerprint density at radius 1 is 1.10 bits per heavy atom. The standard InChI is InChI=1S/C16H22N4/c1-2-5-12(4-1)14-10-16-18-9-7-15(20(16)19-14)13-6-3-8-17-11-13/h7,9-10,12-13,17H,1-6,8,11H2. The minimum Gasteiger partial charge on any atom is -0.316 e. The molecular weight excluding hydrogens is 248 g/mol. The first-order valence-corrected chi connectivity index (χ1v) is 7.97. The van der Waals surface area contributed by atoms with Crippen molar-refractivity contribution in [1.82, 2.24) is 19.9 Å². The molecular formula is C16H22N4. The van der Waals surface area contributed by atoms with E-state index in [1.54, 1.807) is 0 Å². The third kappa shape index (κ3) is 2.12. The molecule has 2 aliphatic rings. The normalized spacial score (nSPS) is 24.5. The summed E-state index contributed by atoms with van der Waals surface area (Å²) < 4.78 is 2.10. The van der Waals surface area contributed by atoms with Gasteiger partial charge >= 0.3 is 0 Å². The van der Waals surface area contributed by atoms with Crippen molar-refractivity contribution >= 4 is 5.65 Å². The lowest BCUT2D eigenvalue weighted by Gasteiger charge is -2.23. The lowest BCUT2D eigenvalue weighted by Crippen LogP contribution is -2.29. The fourth-order valence-corrected chi connectivity index (χ4v) is 3.77. The summed E-state index contributed by atoms with van der Waals surface area (Å²) in [5.74, 6) is 1.24. The van der Waals surface area contributed by atoms with Crippen LogP contribution in [-0.4, -0.2) is 27.7 Å². The van der Waals surface area contributed by atoms with Gasteiger partial charge in [0.15, 0.2) is 5.65 Å². The van der Waals surface area contributed by atoms with Crippen LogP contribution < -0.4 is 5.32 Å². The van der Waals surface area contributed by atoms with Gasteiger partial charge in [0.05, 0.1) is 11.4 Å². The SMILES string of the molecule is c1cc(C2CCCNC2)n2nc(C3CCCC3)cc2n1. The Bertz CT molecular complexity index is 592. The number of nitrogens with one attached hydrogen (secondary N) is 1. The molecule has 2 aromatic heterocycles. The number of rotatable bonds is 2. The molecule has 0 spiro atoms. The largest absolute Gasteiger partial charge is 0.316 e. The second-order valence-electron chi connectivity index (χ2n) is 6.23. The molecule has 0 aromatic carbocycles. The Kier molecular flexibility index (Phi) is 3.19. The van der Waals surface area contributed by atoms with Crippen molar-refractivity contribution in [2.24, 2.45) is 0 Å². The van der Waals surface area contributed by atoms with E-state index in [0.29, 0.717) is 11.8 Å². The first kappa shape index (κ1) is 12.3. The van der Waals surface area contributed by atoms with E-state index in [2.05, 4.69) is 26.9 Å². The van der Waals surface area contributed by atoms with Crippen LogP contribution in [0.25, 0.3) is 5.65 Å². The monoisotopic (exact) mass is 270 g/mol. The highest BCUT2D eigenvalue weighted by molar-refractivity contribution is 5.42. The molecule has 1 aliphatic carbocycles. The summed E-state index contributed by atoms with van der Waals surface area (Å²) in [5, 5.41) is 8.39. The van der Waals surface area contributed by atoms with Gasteiger partial charge in [-0.25, -0.2) is 9.50 Å². The summed E-state index contributed by atoms with van der Waals surface area (Å²) in [6.07, 6.45) is 9.75. The molecule has 1 saturated heterocycles. The second kappa shape index (κ2) is 5.17. The van der Waals surface area contributed by atoms with Crippen LogP contribution in [0, 0.1) is 0 Å². The molecule has 1 saturated carbocycles. The van der Waals surface area contributed by atoms with Crippen molar-refractivity contribution in [1.29, 1.82) is 0 Å². The van der Waals surface area contributed by atoms with E-state index in [-0.39, 0.29) is 0 Å². The minimum absolute atomic E-state index is 0.575. The van der Waals surface area contributed by atoms with E-state index in [9.17, 15) is 0 Å². The van der Waals surface area contributed by atoms with Crippen molar-refractivity contribution in [2.75, 3.05) is 13.1 Å². The average molecular weight is 270 g/mol. The van der Waals surface area contributed by atoms with Crippen LogP contribution in [0.1, 0.15) is 61.7 Å². The molecule has 2 fully saturated rings. The quantitative estimate of drug-likeness (QED) is 0.912. The van der Waals surface area contributed by atoms with Gasteiger partial charge in [-0.2, -0.15) is 5.10 Å². The van der Waals surface area contributed by atoms with Crippen LogP contribution in [-0.2, 0) is 0 Å². The number of hydrogen-bond donors (Lipinski definition) is 1. The smallest absolute Gasteiger partial charge is 0.155 e. The molecule has 4 nitrogen and oxygen atoms in total. The Morgan fingerprint density at radius 3 is 2.75 bits per heavy atom. The van der Waals surface area contributed by atoms with Gasteiger partial charge in [-0.05, 0) is 38.3 Å². The molecule has 0 amide bonds. The number of aromatic nitrogens is 3. The van der Waals surface area contributed by atoms with E-state index >= 15 is 0 Å². The molecule has 1 N–H and O–H groups in total. The van der Waals surface area contributed by atoms with Crippen LogP contribution in [0.3, 0.4) is 0 Å². The topological polar surface area (TPSA) is 42.2 Å². The summed E-state index contributed by atoms with van der Waals surface area (Å²) in [5.41, 5.74) is 3.60. The summed E-state index contributed by atoms with van der Waals surface area (Å²) in [6.45, 7) is 2.22. The first-order chi connectivity index (χ1) is 9.92. The third-order valence-corrected chi connectivity index (χ3v) is 4.89. The second-order valence-corrected chi connectivity index (χ2v) is 6.23. The molecule has 3 heterocycles. The molecule has 1 aliphatic heterocycles. The van der Waals surface area contributed by atoms with Gasteiger partial charge in [0.2, 0.25) is 0 Å². The van der Waals surface area contributed by atoms with Crippen LogP contribution >= 0.6 is 0 Å². The Labute approximate surface area is 119 Å². The van der Waals surface area contributed by atoms with E-state index in [1.807, 2.05) is 6.20 Å². The summed E-state index contributed by atoms with van der Waals surface area (Å²) >= 11 is 0. The van der Waals surface area contributed by atoms with E-state index in [4.69, 9.17) is 5.10 Å². The summed E-state index contributed by atoms with van der Waals surface area (Å²) in [6, 6.07) is 4.35. The van der Waals surface area contributed by atoms with Gasteiger partial charge in [-0.1, -0.05) is 12.8 Å². The lowest BCUT2D eigenvalue weighted by atomic mass is 9.96. The maximum Gasteiger partial charge on any atom is 0.155 e. The fraction of sp³-hybridized carbons (Fsp3) is 0.625. The molecule has 2 aromatic rings. The fourth-order valence-electron chi connectivity index (χ4n) is 3.77. The van der Waals surface area contributed by atoms with Gasteiger partial charge in [0.1, 0.15) is 0 Å². The Hall–Kier alpha value is -1.42. The predicted molar refractivity (Wildman–Crippen MR) is 79.0 cm³/mol. The summed E-state index contributed by atoms with van der Waals surface area (Å²) in [7, 11) is 0. The Balaban J connectivity index is 1.73. The third-order valence-electron chi connectivity index (χ3n) is 4.89. The molecule has 0 bridgehead atoms. The van der Waals surface area contributed by atoms with Gasteiger partial charge < -0.3 is 5.32 Å². The zero-order chi connectivity index (χ0) is 13.4. The molecule has 0 radical (unpaired) electrons. The highest BCUT2D eigenvalue weighted by atomic mass is 15.3. The van der Waals surface area contributed by atoms with E-state index in [1.165, 1.54) is 49.9 Å². The molecule has 4 heteroatoms. The van der Waals surface area contributed by atoms with Crippen LogP contribution in [0.2, 0.25) is 0 Å². The maximum absolute atomic E-state index is 4.90. The van der Waals surface area contributed by atoms with E-state index in [0.717, 1.165) is 18.7 Å². The number of fused-ring (bicyclic) bond motifs is 1. The molecule has 20 heavy (non-hydrogen) atoms. The van der Waals surface area contributed by atoms with Gasteiger partial charge in [0, 0.05) is 30.6 Å². The average Bonchev–Trinajstić information content (AvgIpc) is 3.16. The van der Waals surface area contributed by atoms with Crippen molar-refractivity contribution in [3.05, 3.63) is 29.7 Å². The van der Waals surface area contributed by atoms with Crippen molar-refractivity contribution < 1.29 is 0 Å². The van der Waals surface area contributed by atoms with Gasteiger partial charge in [0.25, 0.3) is 0 Å². The number of nitrogens with zero attached hydrogens (tertiary/aromatic N) is 3. The van der Waals surface area contributed by atoms with Crippen molar-refractivity contribution in [3.63, 3.8) is 0 Å². The molecule has 106 valence electrons. The van der Waals surface area contributed by atoms with Crippen molar-refractivity contribution in [3.8, 4) is 0 Å². The predicted octanol–water partition coefficient (Wildman–Crippen LogP) is 2.85. The molecule has 1 atom stereocenters. The zero-order valence-electron chi connectivity index (χ0n) is 11.9. The zero-order valence-corrected chi connectivity index (χ0v) is 11.9. The van der Waals surface area contributed by atoms with Crippen LogP contribution in [0.4, 0.5) is 0 Å². The van der Waals surface area contributed by atoms with Crippen LogP contribution in [0.15, 0.2) is 18.3 Å². The van der Waals surface area contributed by atoms with Gasteiger partial charge in [-0.15, -0.1) is 0 Å². The maximum atomic E-state index is 4.90. The van der Waals surface area contributed by atoms with Crippen LogP contribution in [0.5, 0.6) is 0 Å².